The Morgan fingerprint density at radius 2 is 2.12 bits per heavy atom. The first-order valence-corrected chi connectivity index (χ1v) is 6.29. The van der Waals surface area contributed by atoms with Crippen LogP contribution in [0.3, 0.4) is 0 Å². The van der Waals surface area contributed by atoms with E-state index in [9.17, 15) is 4.79 Å². The van der Waals surface area contributed by atoms with Gasteiger partial charge in [-0.05, 0) is 32.7 Å². The first-order chi connectivity index (χ1) is 8.13. The average molecular weight is 238 g/mol. The minimum Gasteiger partial charge on any atom is -0.468 e. The molecule has 17 heavy (non-hydrogen) atoms. The summed E-state index contributed by atoms with van der Waals surface area (Å²) >= 11 is 0. The lowest BCUT2D eigenvalue weighted by Gasteiger charge is -2.43. The van der Waals surface area contributed by atoms with Crippen LogP contribution < -0.4 is 5.32 Å². The highest BCUT2D eigenvalue weighted by Crippen LogP contribution is 2.40. The van der Waals surface area contributed by atoms with E-state index in [2.05, 4.69) is 23.8 Å². The number of piperidine rings is 1. The third-order valence-electron chi connectivity index (χ3n) is 4.31. The summed E-state index contributed by atoms with van der Waals surface area (Å²) in [4.78, 5) is 14.5. The highest BCUT2D eigenvalue weighted by atomic mass is 16.5. The number of ether oxygens (including phenoxy) is 1. The zero-order valence-electron chi connectivity index (χ0n) is 10.7. The van der Waals surface area contributed by atoms with Gasteiger partial charge >= 0.3 is 5.97 Å². The van der Waals surface area contributed by atoms with E-state index in [4.69, 9.17) is 4.74 Å². The highest BCUT2D eigenvalue weighted by molar-refractivity contribution is 5.81. The summed E-state index contributed by atoms with van der Waals surface area (Å²) in [6.45, 7) is 4.36. The molecule has 2 rings (SSSR count). The van der Waals surface area contributed by atoms with Crippen LogP contribution in [0.25, 0.3) is 0 Å². The number of carbonyl (C=O) groups excluding carboxylic acids is 1. The van der Waals surface area contributed by atoms with Crippen LogP contribution in [-0.2, 0) is 9.53 Å². The van der Waals surface area contributed by atoms with Crippen LogP contribution in [0.2, 0.25) is 0 Å². The molecule has 4 heteroatoms. The molecule has 1 N–H and O–H groups in total. The van der Waals surface area contributed by atoms with E-state index in [0.29, 0.717) is 18.6 Å². The van der Waals surface area contributed by atoms with Crippen molar-refractivity contribution < 1.29 is 9.53 Å². The molecule has 2 atom stereocenters. The van der Waals surface area contributed by atoms with Gasteiger partial charge in [0.1, 0.15) is 5.54 Å². The van der Waals surface area contributed by atoms with Gasteiger partial charge in [-0.25, -0.2) is 0 Å². The van der Waals surface area contributed by atoms with Gasteiger partial charge in [0.15, 0.2) is 0 Å². The summed E-state index contributed by atoms with van der Waals surface area (Å²) in [5.41, 5.74) is -0.499. The van der Waals surface area contributed by atoms with Gasteiger partial charge in [0, 0.05) is 18.6 Å². The van der Waals surface area contributed by atoms with E-state index in [1.807, 2.05) is 0 Å². The third-order valence-corrected chi connectivity index (χ3v) is 4.31. The molecule has 2 bridgehead atoms. The second-order valence-corrected chi connectivity index (χ2v) is 5.20. The Kier molecular flexibility index (Phi) is 3.54. The predicted molar refractivity (Wildman–Crippen MR) is 66.8 cm³/mol. The molecule has 2 unspecified atom stereocenters. The Hall–Kier alpha value is -0.870. The van der Waals surface area contributed by atoms with Crippen LogP contribution in [0.4, 0.5) is 0 Å². The lowest BCUT2D eigenvalue weighted by Crippen LogP contribution is -2.61. The van der Waals surface area contributed by atoms with Crippen LogP contribution in [0, 0.1) is 0 Å². The summed E-state index contributed by atoms with van der Waals surface area (Å²) in [6, 6.07) is 1.01. The average Bonchev–Trinajstić information content (AvgIpc) is 2.58. The molecule has 2 heterocycles. The molecule has 96 valence electrons. The van der Waals surface area contributed by atoms with Crippen LogP contribution in [-0.4, -0.2) is 49.2 Å². The largest absolute Gasteiger partial charge is 0.468 e. The molecule has 0 amide bonds. The molecule has 2 aliphatic heterocycles. The van der Waals surface area contributed by atoms with E-state index < -0.39 is 5.54 Å². The van der Waals surface area contributed by atoms with Crippen molar-refractivity contribution in [2.75, 3.05) is 20.7 Å². The zero-order valence-corrected chi connectivity index (χ0v) is 10.7. The molecule has 2 aliphatic rings. The molecule has 0 aliphatic carbocycles. The summed E-state index contributed by atoms with van der Waals surface area (Å²) in [5.74, 6) is -0.121. The Balaban J connectivity index is 2.17. The van der Waals surface area contributed by atoms with Gasteiger partial charge in [-0.1, -0.05) is 6.08 Å². The number of methoxy groups -OCH3 is 1. The second-order valence-electron chi connectivity index (χ2n) is 5.20. The zero-order chi connectivity index (χ0) is 12.5. The van der Waals surface area contributed by atoms with Gasteiger partial charge in [-0.2, -0.15) is 0 Å². The fourth-order valence-electron chi connectivity index (χ4n) is 3.32. The van der Waals surface area contributed by atoms with Crippen molar-refractivity contribution in [3.05, 3.63) is 12.7 Å². The Morgan fingerprint density at radius 3 is 2.59 bits per heavy atom. The quantitative estimate of drug-likeness (QED) is 0.584. The Labute approximate surface area is 103 Å². The molecule has 0 saturated carbocycles. The first kappa shape index (κ1) is 12.6. The molecule has 0 aromatic carbocycles. The molecule has 4 nitrogen and oxygen atoms in total. The Morgan fingerprint density at radius 1 is 1.53 bits per heavy atom. The van der Waals surface area contributed by atoms with Crippen molar-refractivity contribution in [3.8, 4) is 0 Å². The van der Waals surface area contributed by atoms with Crippen molar-refractivity contribution in [3.63, 3.8) is 0 Å². The monoisotopic (exact) mass is 238 g/mol. The van der Waals surface area contributed by atoms with Crippen LogP contribution >= 0.6 is 0 Å². The van der Waals surface area contributed by atoms with Crippen LogP contribution in [0.1, 0.15) is 25.7 Å². The number of nitrogens with zero attached hydrogens (tertiary/aromatic N) is 1. The number of hydrogen-bond acceptors (Lipinski definition) is 4. The topological polar surface area (TPSA) is 41.6 Å². The van der Waals surface area contributed by atoms with Gasteiger partial charge in [0.2, 0.25) is 0 Å². The molecule has 2 fully saturated rings. The molecular formula is C13H22N2O2. The van der Waals surface area contributed by atoms with E-state index in [-0.39, 0.29) is 5.97 Å². The SMILES string of the molecule is C=CCNC1(C(=O)OC)CC2CCC(C1)N2C. The van der Waals surface area contributed by atoms with Crippen molar-refractivity contribution in [1.29, 1.82) is 0 Å². The van der Waals surface area contributed by atoms with Gasteiger partial charge in [-0.15, -0.1) is 6.58 Å². The van der Waals surface area contributed by atoms with Gasteiger partial charge in [-0.3, -0.25) is 10.1 Å². The molecule has 0 aromatic rings. The lowest BCUT2D eigenvalue weighted by atomic mass is 9.83. The first-order valence-electron chi connectivity index (χ1n) is 6.29. The lowest BCUT2D eigenvalue weighted by molar-refractivity contribution is -0.152. The van der Waals surface area contributed by atoms with Crippen molar-refractivity contribution >= 4 is 5.97 Å². The fraction of sp³-hybridized carbons (Fsp3) is 0.769. The molecule has 0 aromatic heterocycles. The predicted octanol–water partition coefficient (Wildman–Crippen LogP) is 0.930. The maximum atomic E-state index is 12.1. The molecular weight excluding hydrogens is 216 g/mol. The molecule has 0 radical (unpaired) electrons. The van der Waals surface area contributed by atoms with E-state index in [1.54, 1.807) is 6.08 Å². The Bertz CT molecular complexity index is 303. The van der Waals surface area contributed by atoms with Crippen molar-refractivity contribution in [2.24, 2.45) is 0 Å². The number of nitrogens with one attached hydrogen (secondary N) is 1. The van der Waals surface area contributed by atoms with Crippen molar-refractivity contribution in [2.45, 2.75) is 43.3 Å². The van der Waals surface area contributed by atoms with E-state index in [1.165, 1.54) is 20.0 Å². The third kappa shape index (κ3) is 2.11. The molecule has 0 spiro atoms. The van der Waals surface area contributed by atoms with E-state index >= 15 is 0 Å². The number of carbonyl (C=O) groups is 1. The maximum absolute atomic E-state index is 12.1. The van der Waals surface area contributed by atoms with Gasteiger partial charge in [0.05, 0.1) is 7.11 Å². The van der Waals surface area contributed by atoms with Gasteiger partial charge in [0.25, 0.3) is 0 Å². The normalized spacial score (nSPS) is 36.8. The van der Waals surface area contributed by atoms with Crippen LogP contribution in [0.15, 0.2) is 12.7 Å². The van der Waals surface area contributed by atoms with Crippen molar-refractivity contribution in [1.82, 2.24) is 10.2 Å². The van der Waals surface area contributed by atoms with E-state index in [0.717, 1.165) is 12.8 Å². The summed E-state index contributed by atoms with van der Waals surface area (Å²) in [5, 5.41) is 3.34. The summed E-state index contributed by atoms with van der Waals surface area (Å²) in [6.07, 6.45) is 5.87. The van der Waals surface area contributed by atoms with Crippen LogP contribution in [0.5, 0.6) is 0 Å². The number of rotatable bonds is 4. The number of fused-ring (bicyclic) bond motifs is 2. The minimum atomic E-state index is -0.499. The second kappa shape index (κ2) is 4.78. The minimum absolute atomic E-state index is 0.121. The number of esters is 1. The summed E-state index contributed by atoms with van der Waals surface area (Å²) < 4.78 is 5.00. The number of hydrogen-bond donors (Lipinski definition) is 1. The van der Waals surface area contributed by atoms with Gasteiger partial charge < -0.3 is 9.64 Å². The smallest absolute Gasteiger partial charge is 0.326 e. The highest BCUT2D eigenvalue weighted by Gasteiger charge is 2.51. The summed E-state index contributed by atoms with van der Waals surface area (Å²) in [7, 11) is 3.64. The maximum Gasteiger partial charge on any atom is 0.326 e. The molecule has 2 saturated heterocycles. The fourth-order valence-corrected chi connectivity index (χ4v) is 3.32. The standard InChI is InChI=1S/C13H22N2O2/c1-4-7-14-13(12(16)17-3)8-10-5-6-11(9-13)15(10)2/h4,10-11,14H,1,5-9H2,2-3H3.